The van der Waals surface area contributed by atoms with Crippen LogP contribution in [-0.2, 0) is 4.74 Å². The number of carbonyl (C=O) groups is 1. The number of hydrogen-bond donors (Lipinski definition) is 0. The van der Waals surface area contributed by atoms with Crippen LogP contribution in [0.25, 0.3) is 11.1 Å². The van der Waals surface area contributed by atoms with Gasteiger partial charge in [0.25, 0.3) is 0 Å². The first-order valence-electron chi connectivity index (χ1n) is 11.2. The maximum Gasteiger partial charge on any atom is 0.411 e. The molecule has 1 atom stereocenters. The number of amides is 1. The topological polar surface area (TPSA) is 38.8 Å². The van der Waals surface area contributed by atoms with Crippen LogP contribution in [0.1, 0.15) is 49.3 Å². The summed E-state index contributed by atoms with van der Waals surface area (Å²) in [6.45, 7) is 0.671. The lowest BCUT2D eigenvalue weighted by atomic mass is 9.85. The molecule has 3 aromatic rings. The molecule has 3 aliphatic rings. The second-order valence-corrected chi connectivity index (χ2v) is 8.86. The van der Waals surface area contributed by atoms with E-state index in [-0.39, 0.29) is 17.7 Å². The molecule has 156 valence electrons. The molecule has 1 amide bonds. The zero-order valence-corrected chi connectivity index (χ0v) is 17.4. The highest BCUT2D eigenvalue weighted by atomic mass is 16.6. The molecule has 0 bridgehead atoms. The molecule has 0 aromatic heterocycles. The third kappa shape index (κ3) is 3.18. The third-order valence-electron chi connectivity index (χ3n) is 6.84. The number of ether oxygens (including phenoxy) is 2. The number of para-hydroxylation sites is 1. The minimum absolute atomic E-state index is 0.0716. The van der Waals surface area contributed by atoms with E-state index >= 15 is 0 Å². The molecule has 2 aliphatic carbocycles. The van der Waals surface area contributed by atoms with Gasteiger partial charge in [0, 0.05) is 5.56 Å². The van der Waals surface area contributed by atoms with Crippen molar-refractivity contribution in [2.75, 3.05) is 6.54 Å². The fourth-order valence-electron chi connectivity index (χ4n) is 5.30. The number of nitrogens with zero attached hydrogens (tertiary/aromatic N) is 1. The van der Waals surface area contributed by atoms with Crippen molar-refractivity contribution >= 4 is 6.09 Å². The molecule has 1 spiro atoms. The monoisotopic (exact) mass is 411 g/mol. The van der Waals surface area contributed by atoms with Gasteiger partial charge in [-0.2, -0.15) is 0 Å². The van der Waals surface area contributed by atoms with Gasteiger partial charge in [-0.1, -0.05) is 61.0 Å². The zero-order valence-electron chi connectivity index (χ0n) is 17.4. The molecule has 1 heterocycles. The lowest BCUT2D eigenvalue weighted by Gasteiger charge is -2.30. The highest BCUT2D eigenvalue weighted by Gasteiger charge is 2.54. The fraction of sp³-hybridized carbons (Fsp3) is 0.296. The van der Waals surface area contributed by atoms with Crippen LogP contribution in [0.4, 0.5) is 4.79 Å². The van der Waals surface area contributed by atoms with E-state index in [1.54, 1.807) is 0 Å². The first-order chi connectivity index (χ1) is 15.2. The van der Waals surface area contributed by atoms with Crippen molar-refractivity contribution in [3.63, 3.8) is 0 Å². The Labute approximate surface area is 182 Å². The average Bonchev–Trinajstić information content (AvgIpc) is 3.47. The van der Waals surface area contributed by atoms with Crippen molar-refractivity contribution in [2.45, 2.75) is 43.7 Å². The van der Waals surface area contributed by atoms with Crippen LogP contribution in [-0.4, -0.2) is 23.1 Å². The van der Waals surface area contributed by atoms with Gasteiger partial charge in [-0.25, -0.2) is 4.79 Å². The molecule has 4 nitrogen and oxygen atoms in total. The van der Waals surface area contributed by atoms with E-state index < -0.39 is 0 Å². The molecule has 1 saturated heterocycles. The Morgan fingerprint density at radius 1 is 0.839 bits per heavy atom. The highest BCUT2D eigenvalue weighted by molar-refractivity contribution is 5.83. The van der Waals surface area contributed by atoms with Gasteiger partial charge in [-0.3, -0.25) is 4.90 Å². The summed E-state index contributed by atoms with van der Waals surface area (Å²) in [5, 5.41) is 0. The number of rotatable bonds is 4. The Bertz CT molecular complexity index is 1120. The second-order valence-electron chi connectivity index (χ2n) is 8.86. The van der Waals surface area contributed by atoms with Gasteiger partial charge in [0.15, 0.2) is 0 Å². The molecule has 31 heavy (non-hydrogen) atoms. The zero-order chi connectivity index (χ0) is 20.8. The van der Waals surface area contributed by atoms with Crippen molar-refractivity contribution in [2.24, 2.45) is 0 Å². The largest absolute Gasteiger partial charge is 0.457 e. The Hall–Kier alpha value is -3.27. The molecule has 2 fully saturated rings. The summed E-state index contributed by atoms with van der Waals surface area (Å²) in [4.78, 5) is 14.9. The van der Waals surface area contributed by atoms with E-state index in [0.717, 1.165) is 48.3 Å². The second kappa shape index (κ2) is 7.16. The van der Waals surface area contributed by atoms with Crippen molar-refractivity contribution in [3.05, 3.63) is 83.9 Å². The summed E-state index contributed by atoms with van der Waals surface area (Å²) in [5.74, 6) is 1.62. The van der Waals surface area contributed by atoms with Crippen LogP contribution >= 0.6 is 0 Å². The lowest BCUT2D eigenvalue weighted by Crippen LogP contribution is -2.36. The molecule has 1 saturated carbocycles. The Morgan fingerprint density at radius 3 is 2.29 bits per heavy atom. The van der Waals surface area contributed by atoms with E-state index in [1.807, 2.05) is 47.4 Å². The van der Waals surface area contributed by atoms with Crippen molar-refractivity contribution in [1.82, 2.24) is 4.90 Å². The van der Waals surface area contributed by atoms with Crippen molar-refractivity contribution in [1.29, 1.82) is 0 Å². The van der Waals surface area contributed by atoms with Gasteiger partial charge in [0.1, 0.15) is 17.1 Å². The summed E-state index contributed by atoms with van der Waals surface area (Å²) >= 11 is 0. The van der Waals surface area contributed by atoms with Crippen LogP contribution in [0.2, 0.25) is 0 Å². The van der Waals surface area contributed by atoms with Gasteiger partial charge in [-0.05, 0) is 60.6 Å². The summed E-state index contributed by atoms with van der Waals surface area (Å²) in [7, 11) is 0. The Balaban J connectivity index is 1.37. The smallest absolute Gasteiger partial charge is 0.411 e. The summed E-state index contributed by atoms with van der Waals surface area (Å²) < 4.78 is 12.2. The number of carbonyl (C=O) groups excluding carboxylic acids is 1. The minimum Gasteiger partial charge on any atom is -0.457 e. The maximum atomic E-state index is 13.0. The van der Waals surface area contributed by atoms with Gasteiger partial charge in [0.05, 0.1) is 12.6 Å². The molecule has 0 N–H and O–H groups in total. The first kappa shape index (κ1) is 18.5. The molecular formula is C27H25NO3. The molecule has 4 heteroatoms. The van der Waals surface area contributed by atoms with Crippen LogP contribution in [0, 0.1) is 0 Å². The molecule has 0 radical (unpaired) electrons. The van der Waals surface area contributed by atoms with E-state index in [2.05, 4.69) is 30.3 Å². The molecular weight excluding hydrogens is 386 g/mol. The standard InChI is InChI=1S/C27H25NO3/c29-26-28(18-27(31-26)16-8-3-9-17-27)25-23-21(19-10-4-1-5-11-19)14-15-22(24(23)25)30-20-12-6-2-7-13-20/h1-2,4-7,10-15,25H,3,8-9,16-18H2. The number of hydrogen-bond acceptors (Lipinski definition) is 3. The lowest BCUT2D eigenvalue weighted by molar-refractivity contribution is 0.0260. The third-order valence-corrected chi connectivity index (χ3v) is 6.84. The maximum absolute atomic E-state index is 13.0. The van der Waals surface area contributed by atoms with Crippen LogP contribution < -0.4 is 4.74 Å². The van der Waals surface area contributed by atoms with Gasteiger partial charge >= 0.3 is 6.09 Å². The van der Waals surface area contributed by atoms with E-state index in [1.165, 1.54) is 17.5 Å². The molecule has 6 rings (SSSR count). The minimum atomic E-state index is -0.303. The fourth-order valence-corrected chi connectivity index (χ4v) is 5.30. The predicted molar refractivity (Wildman–Crippen MR) is 119 cm³/mol. The Morgan fingerprint density at radius 2 is 1.55 bits per heavy atom. The summed E-state index contributed by atoms with van der Waals surface area (Å²) in [6.07, 6.45) is 5.25. The van der Waals surface area contributed by atoms with Crippen LogP contribution in [0.5, 0.6) is 11.5 Å². The van der Waals surface area contributed by atoms with E-state index in [4.69, 9.17) is 9.47 Å². The predicted octanol–water partition coefficient (Wildman–Crippen LogP) is 6.70. The molecule has 1 aliphatic heterocycles. The quantitative estimate of drug-likeness (QED) is 0.479. The van der Waals surface area contributed by atoms with Crippen molar-refractivity contribution < 1.29 is 14.3 Å². The van der Waals surface area contributed by atoms with Crippen LogP contribution in [0.3, 0.4) is 0 Å². The normalized spacial score (nSPS) is 21.0. The van der Waals surface area contributed by atoms with Gasteiger partial charge in [-0.15, -0.1) is 0 Å². The van der Waals surface area contributed by atoms with E-state index in [9.17, 15) is 4.79 Å². The van der Waals surface area contributed by atoms with Gasteiger partial charge < -0.3 is 9.47 Å². The summed E-state index contributed by atoms with van der Waals surface area (Å²) in [5.41, 5.74) is 4.31. The summed E-state index contributed by atoms with van der Waals surface area (Å²) in [6, 6.07) is 24.3. The number of benzene rings is 3. The van der Waals surface area contributed by atoms with Crippen molar-refractivity contribution in [3.8, 4) is 22.6 Å². The highest BCUT2D eigenvalue weighted by Crippen LogP contribution is 2.58. The van der Waals surface area contributed by atoms with E-state index in [0.29, 0.717) is 6.54 Å². The van der Waals surface area contributed by atoms with Crippen LogP contribution in [0.15, 0.2) is 72.8 Å². The first-order valence-corrected chi connectivity index (χ1v) is 11.2. The molecule has 3 aromatic carbocycles. The van der Waals surface area contributed by atoms with Gasteiger partial charge in [0.2, 0.25) is 0 Å². The SMILES string of the molecule is O=C1OC2(CCCCC2)CN1C1c2c(Oc3ccccc3)ccc(-c3ccccc3)c21. The Kier molecular flexibility index (Phi) is 4.27. The number of fused-ring (bicyclic) bond motifs is 1. The molecule has 1 unspecified atom stereocenters. The average molecular weight is 412 g/mol.